The third-order valence-electron chi connectivity index (χ3n) is 2.47. The van der Waals surface area contributed by atoms with E-state index in [9.17, 15) is 5.11 Å². The molecule has 1 N–H and O–H groups in total. The zero-order valence-corrected chi connectivity index (χ0v) is 8.63. The SMILES string of the molecule is OC(Cc1ccccc1)CC1OCCO1. The van der Waals surface area contributed by atoms with Gasteiger partial charge in [0.25, 0.3) is 0 Å². The second-order valence-corrected chi connectivity index (χ2v) is 3.75. The van der Waals surface area contributed by atoms with Crippen LogP contribution in [-0.2, 0) is 15.9 Å². The van der Waals surface area contributed by atoms with E-state index in [0.717, 1.165) is 5.56 Å². The van der Waals surface area contributed by atoms with Crippen molar-refractivity contribution in [2.45, 2.75) is 25.2 Å². The van der Waals surface area contributed by atoms with Crippen LogP contribution >= 0.6 is 0 Å². The molecule has 1 atom stereocenters. The van der Waals surface area contributed by atoms with Crippen molar-refractivity contribution >= 4 is 0 Å². The van der Waals surface area contributed by atoms with Crippen LogP contribution in [0.1, 0.15) is 12.0 Å². The van der Waals surface area contributed by atoms with Crippen molar-refractivity contribution in [3.05, 3.63) is 35.9 Å². The van der Waals surface area contributed by atoms with Crippen LogP contribution in [-0.4, -0.2) is 30.7 Å². The summed E-state index contributed by atoms with van der Waals surface area (Å²) in [5, 5.41) is 9.80. The Morgan fingerprint density at radius 3 is 2.53 bits per heavy atom. The van der Waals surface area contributed by atoms with Gasteiger partial charge >= 0.3 is 0 Å². The molecule has 82 valence electrons. The van der Waals surface area contributed by atoms with E-state index >= 15 is 0 Å². The second-order valence-electron chi connectivity index (χ2n) is 3.75. The van der Waals surface area contributed by atoms with E-state index in [1.807, 2.05) is 30.3 Å². The number of aliphatic hydroxyl groups excluding tert-OH is 1. The van der Waals surface area contributed by atoms with Crippen LogP contribution in [0.2, 0.25) is 0 Å². The Bertz CT molecular complexity index is 280. The normalized spacial score (nSPS) is 19.3. The van der Waals surface area contributed by atoms with Gasteiger partial charge in [0.15, 0.2) is 6.29 Å². The van der Waals surface area contributed by atoms with Gasteiger partial charge in [-0.3, -0.25) is 0 Å². The molecule has 0 amide bonds. The highest BCUT2D eigenvalue weighted by Crippen LogP contribution is 2.13. The number of hydrogen-bond donors (Lipinski definition) is 1. The molecule has 1 aromatic rings. The first-order valence-electron chi connectivity index (χ1n) is 5.30. The van der Waals surface area contributed by atoms with E-state index in [-0.39, 0.29) is 6.29 Å². The molecule has 0 radical (unpaired) electrons. The second kappa shape index (κ2) is 5.26. The first-order chi connectivity index (χ1) is 7.34. The minimum Gasteiger partial charge on any atom is -0.393 e. The third-order valence-corrected chi connectivity index (χ3v) is 2.47. The summed E-state index contributed by atoms with van der Waals surface area (Å²) in [5.41, 5.74) is 1.14. The van der Waals surface area contributed by atoms with Crippen molar-refractivity contribution in [3.63, 3.8) is 0 Å². The Hall–Kier alpha value is -0.900. The van der Waals surface area contributed by atoms with Crippen LogP contribution in [0, 0.1) is 0 Å². The lowest BCUT2D eigenvalue weighted by Gasteiger charge is -2.14. The summed E-state index contributed by atoms with van der Waals surface area (Å²) in [6, 6.07) is 9.95. The molecule has 1 aromatic carbocycles. The van der Waals surface area contributed by atoms with Crippen LogP contribution in [0.4, 0.5) is 0 Å². The fraction of sp³-hybridized carbons (Fsp3) is 0.500. The highest BCUT2D eigenvalue weighted by molar-refractivity contribution is 5.15. The minimum atomic E-state index is -0.393. The summed E-state index contributed by atoms with van der Waals surface area (Å²) in [4.78, 5) is 0. The fourth-order valence-corrected chi connectivity index (χ4v) is 1.73. The molecule has 1 fully saturated rings. The number of hydrogen-bond acceptors (Lipinski definition) is 3. The van der Waals surface area contributed by atoms with E-state index in [2.05, 4.69) is 0 Å². The number of benzene rings is 1. The minimum absolute atomic E-state index is 0.219. The van der Waals surface area contributed by atoms with E-state index < -0.39 is 6.10 Å². The van der Waals surface area contributed by atoms with Gasteiger partial charge in [0.05, 0.1) is 19.3 Å². The molecular weight excluding hydrogens is 192 g/mol. The van der Waals surface area contributed by atoms with Gasteiger partial charge in [0.1, 0.15) is 0 Å². The maximum Gasteiger partial charge on any atom is 0.160 e. The van der Waals surface area contributed by atoms with Gasteiger partial charge in [-0.1, -0.05) is 30.3 Å². The zero-order chi connectivity index (χ0) is 10.5. The van der Waals surface area contributed by atoms with Gasteiger partial charge in [-0.15, -0.1) is 0 Å². The summed E-state index contributed by atoms with van der Waals surface area (Å²) in [5.74, 6) is 0. The number of ether oxygens (including phenoxy) is 2. The smallest absolute Gasteiger partial charge is 0.160 e. The van der Waals surface area contributed by atoms with E-state index in [1.54, 1.807) is 0 Å². The molecule has 1 unspecified atom stereocenters. The summed E-state index contributed by atoms with van der Waals surface area (Å²) in [6.07, 6.45) is 0.595. The quantitative estimate of drug-likeness (QED) is 0.811. The molecule has 3 nitrogen and oxygen atoms in total. The van der Waals surface area contributed by atoms with E-state index in [1.165, 1.54) is 0 Å². The molecule has 0 bridgehead atoms. The first-order valence-corrected chi connectivity index (χ1v) is 5.30. The van der Waals surface area contributed by atoms with Crippen LogP contribution in [0.25, 0.3) is 0 Å². The van der Waals surface area contributed by atoms with Crippen molar-refractivity contribution in [1.82, 2.24) is 0 Å². The van der Waals surface area contributed by atoms with Crippen LogP contribution < -0.4 is 0 Å². The maximum absolute atomic E-state index is 9.80. The average Bonchev–Trinajstić information content (AvgIpc) is 2.71. The molecule has 1 saturated heterocycles. The highest BCUT2D eigenvalue weighted by atomic mass is 16.7. The monoisotopic (exact) mass is 208 g/mol. The maximum atomic E-state index is 9.80. The van der Waals surface area contributed by atoms with Gasteiger partial charge < -0.3 is 14.6 Å². The standard InChI is InChI=1S/C12H16O3/c13-11(9-12-14-6-7-15-12)8-10-4-2-1-3-5-10/h1-5,11-13H,6-9H2. The van der Waals surface area contributed by atoms with Crippen molar-refractivity contribution < 1.29 is 14.6 Å². The van der Waals surface area contributed by atoms with Gasteiger partial charge in [0, 0.05) is 6.42 Å². The molecule has 0 aromatic heterocycles. The van der Waals surface area contributed by atoms with Crippen molar-refractivity contribution in [1.29, 1.82) is 0 Å². The van der Waals surface area contributed by atoms with Gasteiger partial charge in [0.2, 0.25) is 0 Å². The number of aliphatic hydroxyl groups is 1. The molecular formula is C12H16O3. The Labute approximate surface area is 89.6 Å². The molecule has 0 spiro atoms. The van der Waals surface area contributed by atoms with Gasteiger partial charge in [-0.2, -0.15) is 0 Å². The molecule has 1 heterocycles. The Kier molecular flexibility index (Phi) is 3.72. The molecule has 15 heavy (non-hydrogen) atoms. The van der Waals surface area contributed by atoms with E-state index in [4.69, 9.17) is 9.47 Å². The molecule has 1 aliphatic rings. The summed E-state index contributed by atoms with van der Waals surface area (Å²) >= 11 is 0. The molecule has 2 rings (SSSR count). The van der Waals surface area contributed by atoms with Crippen LogP contribution in [0.15, 0.2) is 30.3 Å². The first kappa shape index (κ1) is 10.6. The lowest BCUT2D eigenvalue weighted by Crippen LogP contribution is -2.20. The average molecular weight is 208 g/mol. The predicted molar refractivity (Wildman–Crippen MR) is 56.5 cm³/mol. The largest absolute Gasteiger partial charge is 0.393 e. The Morgan fingerprint density at radius 2 is 1.87 bits per heavy atom. The Balaban J connectivity index is 1.79. The van der Waals surface area contributed by atoms with Crippen molar-refractivity contribution in [3.8, 4) is 0 Å². The zero-order valence-electron chi connectivity index (χ0n) is 8.63. The lowest BCUT2D eigenvalue weighted by molar-refractivity contribution is -0.0698. The Morgan fingerprint density at radius 1 is 1.20 bits per heavy atom. The van der Waals surface area contributed by atoms with Crippen molar-refractivity contribution in [2.75, 3.05) is 13.2 Å². The highest BCUT2D eigenvalue weighted by Gasteiger charge is 2.19. The molecule has 0 aliphatic carbocycles. The number of rotatable bonds is 4. The summed E-state index contributed by atoms with van der Waals surface area (Å²) in [7, 11) is 0. The molecule has 0 saturated carbocycles. The fourth-order valence-electron chi connectivity index (χ4n) is 1.73. The van der Waals surface area contributed by atoms with Gasteiger partial charge in [-0.25, -0.2) is 0 Å². The topological polar surface area (TPSA) is 38.7 Å². The third kappa shape index (κ3) is 3.30. The van der Waals surface area contributed by atoms with Crippen molar-refractivity contribution in [2.24, 2.45) is 0 Å². The van der Waals surface area contributed by atoms with E-state index in [0.29, 0.717) is 26.1 Å². The lowest BCUT2D eigenvalue weighted by atomic mass is 10.1. The van der Waals surface area contributed by atoms with Crippen LogP contribution in [0.3, 0.4) is 0 Å². The summed E-state index contributed by atoms with van der Waals surface area (Å²) in [6.45, 7) is 1.28. The predicted octanol–water partition coefficient (Wildman–Crippen LogP) is 1.35. The molecule has 1 aliphatic heterocycles. The van der Waals surface area contributed by atoms with Crippen LogP contribution in [0.5, 0.6) is 0 Å². The van der Waals surface area contributed by atoms with Gasteiger partial charge in [-0.05, 0) is 12.0 Å². The summed E-state index contributed by atoms with van der Waals surface area (Å²) < 4.78 is 10.6. The molecule has 3 heteroatoms.